The number of hydrogen-bond acceptors (Lipinski definition) is 1. The number of aromatic nitrogens is 1. The summed E-state index contributed by atoms with van der Waals surface area (Å²) in [7, 11) is 0. The summed E-state index contributed by atoms with van der Waals surface area (Å²) in [6.45, 7) is 1.94. The monoisotopic (exact) mass is 192 g/mol. The molecular weight excluding hydrogens is 179 g/mol. The Morgan fingerprint density at radius 3 is 2.79 bits per heavy atom. The first-order valence-electron chi connectivity index (χ1n) is 4.75. The lowest BCUT2D eigenvalue weighted by Gasteiger charge is -2.05. The number of para-hydroxylation sites is 1. The molecule has 0 fully saturated rings. The second-order valence-electron chi connectivity index (χ2n) is 3.41. The van der Waals surface area contributed by atoms with Gasteiger partial charge in [-0.25, -0.2) is 4.39 Å². The van der Waals surface area contributed by atoms with Crippen molar-refractivity contribution in [2.75, 3.05) is 0 Å². The van der Waals surface area contributed by atoms with E-state index in [0.29, 0.717) is 11.1 Å². The molecule has 0 radical (unpaired) electrons. The summed E-state index contributed by atoms with van der Waals surface area (Å²) in [6, 6.07) is 7.06. The molecule has 2 rings (SSSR count). The minimum Gasteiger partial charge on any atom is -0.355 e. The molecule has 0 saturated heterocycles. The van der Waals surface area contributed by atoms with Crippen molar-refractivity contribution >= 4 is 10.9 Å². The number of nitrogens with one attached hydrogen (secondary N) is 1. The number of benzene rings is 1. The molecule has 0 aliphatic carbocycles. The van der Waals surface area contributed by atoms with Gasteiger partial charge in [-0.05, 0) is 18.6 Å². The van der Waals surface area contributed by atoms with Gasteiger partial charge in [0.05, 0.1) is 5.69 Å². The van der Waals surface area contributed by atoms with Crippen LogP contribution in [0.15, 0.2) is 24.3 Å². The fraction of sp³-hybridized carbons (Fsp3) is 0.273. The molecule has 3 N–H and O–H groups in total. The maximum atomic E-state index is 13.8. The van der Waals surface area contributed by atoms with E-state index in [1.165, 1.54) is 0 Å². The number of halogens is 1. The third-order valence-corrected chi connectivity index (χ3v) is 2.48. The van der Waals surface area contributed by atoms with Gasteiger partial charge in [0.15, 0.2) is 5.82 Å². The van der Waals surface area contributed by atoms with Crippen LogP contribution in [0.1, 0.15) is 25.1 Å². The second-order valence-corrected chi connectivity index (χ2v) is 3.41. The number of H-pyrrole nitrogens is 1. The number of aromatic amines is 1. The van der Waals surface area contributed by atoms with E-state index in [-0.39, 0.29) is 11.9 Å². The maximum absolute atomic E-state index is 13.8. The van der Waals surface area contributed by atoms with Gasteiger partial charge in [-0.3, -0.25) is 0 Å². The first kappa shape index (κ1) is 9.21. The van der Waals surface area contributed by atoms with Crippen molar-refractivity contribution in [2.24, 2.45) is 5.73 Å². The molecule has 1 atom stereocenters. The van der Waals surface area contributed by atoms with Gasteiger partial charge in [0, 0.05) is 16.9 Å². The van der Waals surface area contributed by atoms with E-state index in [1.807, 2.05) is 25.1 Å². The van der Waals surface area contributed by atoms with E-state index in [1.54, 1.807) is 6.07 Å². The van der Waals surface area contributed by atoms with E-state index < -0.39 is 0 Å². The Morgan fingerprint density at radius 1 is 1.43 bits per heavy atom. The van der Waals surface area contributed by atoms with Crippen LogP contribution >= 0.6 is 0 Å². The largest absolute Gasteiger partial charge is 0.355 e. The van der Waals surface area contributed by atoms with Crippen molar-refractivity contribution in [2.45, 2.75) is 19.4 Å². The van der Waals surface area contributed by atoms with Crippen molar-refractivity contribution in [3.8, 4) is 0 Å². The molecule has 0 unspecified atom stereocenters. The van der Waals surface area contributed by atoms with E-state index in [4.69, 9.17) is 5.73 Å². The van der Waals surface area contributed by atoms with Crippen LogP contribution in [0.4, 0.5) is 4.39 Å². The van der Waals surface area contributed by atoms with E-state index >= 15 is 0 Å². The fourth-order valence-corrected chi connectivity index (χ4v) is 1.59. The summed E-state index contributed by atoms with van der Waals surface area (Å²) < 4.78 is 13.8. The maximum Gasteiger partial charge on any atom is 0.153 e. The number of rotatable bonds is 2. The topological polar surface area (TPSA) is 41.8 Å². The van der Waals surface area contributed by atoms with Crippen LogP contribution in [0.5, 0.6) is 0 Å². The highest BCUT2D eigenvalue weighted by molar-refractivity contribution is 5.81. The van der Waals surface area contributed by atoms with Gasteiger partial charge >= 0.3 is 0 Å². The van der Waals surface area contributed by atoms with Gasteiger partial charge in [-0.15, -0.1) is 0 Å². The zero-order chi connectivity index (χ0) is 10.1. The molecule has 2 nitrogen and oxygen atoms in total. The normalized spacial score (nSPS) is 13.4. The van der Waals surface area contributed by atoms with Gasteiger partial charge < -0.3 is 10.7 Å². The molecule has 2 aromatic rings. The smallest absolute Gasteiger partial charge is 0.153 e. The van der Waals surface area contributed by atoms with Gasteiger partial charge in [-0.2, -0.15) is 0 Å². The molecule has 14 heavy (non-hydrogen) atoms. The standard InChI is InChI=1S/C11H13FN2/c1-2-8(13)11-10(12)7-5-3-4-6-9(7)14-11/h3-6,8,14H,2,13H2,1H3/t8-/m1/s1. The lowest BCUT2D eigenvalue weighted by molar-refractivity contribution is 0.577. The quantitative estimate of drug-likeness (QED) is 0.754. The SMILES string of the molecule is CC[C@@H](N)c1[nH]c2ccccc2c1F. The van der Waals surface area contributed by atoms with Crippen LogP contribution in [0, 0.1) is 5.82 Å². The predicted molar refractivity (Wildman–Crippen MR) is 55.5 cm³/mol. The van der Waals surface area contributed by atoms with Crippen molar-refractivity contribution in [1.29, 1.82) is 0 Å². The molecule has 0 saturated carbocycles. The molecular formula is C11H13FN2. The molecule has 0 amide bonds. The molecule has 1 aromatic heterocycles. The highest BCUT2D eigenvalue weighted by Crippen LogP contribution is 2.24. The number of nitrogens with two attached hydrogens (primary N) is 1. The number of fused-ring (bicyclic) bond motifs is 1. The van der Waals surface area contributed by atoms with E-state index in [2.05, 4.69) is 4.98 Å². The van der Waals surface area contributed by atoms with Crippen molar-refractivity contribution < 1.29 is 4.39 Å². The molecule has 74 valence electrons. The third kappa shape index (κ3) is 1.30. The van der Waals surface area contributed by atoms with Gasteiger partial charge in [0.25, 0.3) is 0 Å². The lowest BCUT2D eigenvalue weighted by atomic mass is 10.1. The molecule has 3 heteroatoms. The Balaban J connectivity index is 2.62. The highest BCUT2D eigenvalue weighted by atomic mass is 19.1. The summed E-state index contributed by atoms with van der Waals surface area (Å²) in [4.78, 5) is 3.01. The van der Waals surface area contributed by atoms with E-state index in [9.17, 15) is 4.39 Å². The van der Waals surface area contributed by atoms with Crippen LogP contribution in [0.25, 0.3) is 10.9 Å². The first-order chi connectivity index (χ1) is 6.74. The Hall–Kier alpha value is -1.35. The summed E-state index contributed by atoms with van der Waals surface area (Å²) in [5.74, 6) is -0.213. The van der Waals surface area contributed by atoms with E-state index in [0.717, 1.165) is 11.9 Å². The Kier molecular flexibility index (Phi) is 2.25. The van der Waals surface area contributed by atoms with Crippen LogP contribution < -0.4 is 5.73 Å². The van der Waals surface area contributed by atoms with Crippen molar-refractivity contribution in [3.63, 3.8) is 0 Å². The van der Waals surface area contributed by atoms with Gasteiger partial charge in [0.1, 0.15) is 0 Å². The molecule has 0 aliphatic rings. The fourth-order valence-electron chi connectivity index (χ4n) is 1.59. The Labute approximate surface area is 81.9 Å². The lowest BCUT2D eigenvalue weighted by Crippen LogP contribution is -2.10. The van der Waals surface area contributed by atoms with Gasteiger partial charge in [-0.1, -0.05) is 19.1 Å². The zero-order valence-corrected chi connectivity index (χ0v) is 8.05. The minimum absolute atomic E-state index is 0.213. The number of hydrogen-bond donors (Lipinski definition) is 2. The summed E-state index contributed by atoms with van der Waals surface area (Å²) in [5, 5.41) is 0.617. The molecule has 1 heterocycles. The minimum atomic E-state index is -0.248. The molecule has 0 aliphatic heterocycles. The second kappa shape index (κ2) is 3.42. The summed E-state index contributed by atoms with van der Waals surface area (Å²) in [5.41, 5.74) is 7.10. The molecule has 1 aromatic carbocycles. The van der Waals surface area contributed by atoms with Crippen molar-refractivity contribution in [1.82, 2.24) is 4.98 Å². The molecule has 0 spiro atoms. The predicted octanol–water partition coefficient (Wildman–Crippen LogP) is 2.72. The Morgan fingerprint density at radius 2 is 2.14 bits per heavy atom. The summed E-state index contributed by atoms with van der Waals surface area (Å²) >= 11 is 0. The van der Waals surface area contributed by atoms with Crippen LogP contribution in [0.3, 0.4) is 0 Å². The van der Waals surface area contributed by atoms with Gasteiger partial charge in [0.2, 0.25) is 0 Å². The third-order valence-electron chi connectivity index (χ3n) is 2.48. The summed E-state index contributed by atoms with van der Waals surface area (Å²) in [6.07, 6.45) is 0.726. The van der Waals surface area contributed by atoms with Crippen LogP contribution in [0.2, 0.25) is 0 Å². The van der Waals surface area contributed by atoms with Crippen molar-refractivity contribution in [3.05, 3.63) is 35.8 Å². The highest BCUT2D eigenvalue weighted by Gasteiger charge is 2.14. The van der Waals surface area contributed by atoms with Crippen LogP contribution in [-0.2, 0) is 0 Å². The average Bonchev–Trinajstić information content (AvgIpc) is 2.56. The Bertz CT molecular complexity index is 447. The first-order valence-corrected chi connectivity index (χ1v) is 4.75. The average molecular weight is 192 g/mol. The van der Waals surface area contributed by atoms with Crippen LogP contribution in [-0.4, -0.2) is 4.98 Å². The molecule has 0 bridgehead atoms. The zero-order valence-electron chi connectivity index (χ0n) is 8.05.